The molecule has 2 amide bonds. The molecule has 1 aliphatic rings. The van der Waals surface area contributed by atoms with E-state index in [4.69, 9.17) is 0 Å². The molecule has 31 heavy (non-hydrogen) atoms. The van der Waals surface area contributed by atoms with Crippen molar-refractivity contribution in [3.8, 4) is 0 Å². The molecule has 2 aromatic rings. The molecule has 6 nitrogen and oxygen atoms in total. The van der Waals surface area contributed by atoms with Crippen molar-refractivity contribution in [2.24, 2.45) is 5.92 Å². The number of carbonyl (C=O) groups is 2. The summed E-state index contributed by atoms with van der Waals surface area (Å²) in [4.78, 5) is 32.0. The molecule has 170 valence electrons. The first kappa shape index (κ1) is 26.9. The van der Waals surface area contributed by atoms with Crippen molar-refractivity contribution >= 4 is 36.6 Å². The first-order chi connectivity index (χ1) is 14.2. The maximum atomic E-state index is 13.3. The Morgan fingerprint density at radius 1 is 1.10 bits per heavy atom. The van der Waals surface area contributed by atoms with Crippen LogP contribution in [0.15, 0.2) is 54.9 Å². The van der Waals surface area contributed by atoms with Gasteiger partial charge in [-0.1, -0.05) is 24.3 Å². The lowest BCUT2D eigenvalue weighted by Crippen LogP contribution is -2.51. The number of pyridine rings is 1. The van der Waals surface area contributed by atoms with Gasteiger partial charge in [0.25, 0.3) is 5.91 Å². The number of likely N-dealkylation sites (tertiary alicyclic amines) is 1. The lowest BCUT2D eigenvalue weighted by Gasteiger charge is -2.34. The average molecular weight is 467 g/mol. The number of nitrogens with zero attached hydrogens (tertiary/aromatic N) is 2. The Hall–Kier alpha value is -2.15. The van der Waals surface area contributed by atoms with Gasteiger partial charge in [-0.05, 0) is 62.5 Å². The summed E-state index contributed by atoms with van der Waals surface area (Å²) in [5.74, 6) is 0.420. The molecular weight excluding hydrogens is 435 g/mol. The topological polar surface area (TPSA) is 74.3 Å². The lowest BCUT2D eigenvalue weighted by molar-refractivity contribution is -0.134. The molecule has 0 bridgehead atoms. The first-order valence-corrected chi connectivity index (χ1v) is 10.4. The summed E-state index contributed by atoms with van der Waals surface area (Å²) in [6.45, 7) is 2.51. The number of hydrogen-bond acceptors (Lipinski definition) is 4. The van der Waals surface area contributed by atoms with Crippen molar-refractivity contribution < 1.29 is 9.59 Å². The monoisotopic (exact) mass is 466 g/mol. The Morgan fingerprint density at radius 3 is 2.42 bits per heavy atom. The quantitative estimate of drug-likeness (QED) is 0.626. The van der Waals surface area contributed by atoms with Gasteiger partial charge >= 0.3 is 0 Å². The first-order valence-electron chi connectivity index (χ1n) is 10.4. The van der Waals surface area contributed by atoms with Gasteiger partial charge in [-0.2, -0.15) is 0 Å². The van der Waals surface area contributed by atoms with Gasteiger partial charge in [-0.15, -0.1) is 24.8 Å². The number of amides is 2. The third-order valence-corrected chi connectivity index (χ3v) is 5.53. The van der Waals surface area contributed by atoms with Crippen molar-refractivity contribution in [3.05, 3.63) is 66.0 Å². The molecule has 0 saturated carbocycles. The maximum absolute atomic E-state index is 13.3. The average Bonchev–Trinajstić information content (AvgIpc) is 2.78. The van der Waals surface area contributed by atoms with E-state index in [1.54, 1.807) is 24.5 Å². The van der Waals surface area contributed by atoms with Crippen LogP contribution in [0.2, 0.25) is 0 Å². The Balaban J connectivity index is 0.00000240. The van der Waals surface area contributed by atoms with Crippen LogP contribution < -0.4 is 10.6 Å². The van der Waals surface area contributed by atoms with Crippen molar-refractivity contribution in [2.45, 2.75) is 31.7 Å². The summed E-state index contributed by atoms with van der Waals surface area (Å²) in [5, 5.41) is 6.15. The molecule has 1 aliphatic heterocycles. The fourth-order valence-corrected chi connectivity index (χ4v) is 3.80. The number of nitrogens with one attached hydrogen (secondary N) is 2. The van der Waals surface area contributed by atoms with E-state index < -0.39 is 6.04 Å². The van der Waals surface area contributed by atoms with Crippen LogP contribution in [0.3, 0.4) is 0 Å². The smallest absolute Gasteiger partial charge is 0.251 e. The predicted molar refractivity (Wildman–Crippen MR) is 128 cm³/mol. The molecule has 2 heterocycles. The highest BCUT2D eigenvalue weighted by Crippen LogP contribution is 2.21. The van der Waals surface area contributed by atoms with Gasteiger partial charge in [0.15, 0.2) is 0 Å². The molecule has 2 N–H and O–H groups in total. The van der Waals surface area contributed by atoms with Crippen LogP contribution in [-0.4, -0.2) is 54.4 Å². The molecule has 1 atom stereocenters. The summed E-state index contributed by atoms with van der Waals surface area (Å²) in [6, 6.07) is 12.2. The van der Waals surface area contributed by atoms with Gasteiger partial charge in [-0.3, -0.25) is 14.6 Å². The second kappa shape index (κ2) is 14.0. The number of hydrogen-bond donors (Lipinski definition) is 2. The Labute approximate surface area is 197 Å². The third-order valence-electron chi connectivity index (χ3n) is 5.53. The summed E-state index contributed by atoms with van der Waals surface area (Å²) < 4.78 is 0. The van der Waals surface area contributed by atoms with Gasteiger partial charge in [-0.25, -0.2) is 0 Å². The van der Waals surface area contributed by atoms with Gasteiger partial charge in [0.05, 0.1) is 0 Å². The molecule has 1 saturated heterocycles. The molecule has 3 rings (SSSR count). The Morgan fingerprint density at radius 2 is 1.81 bits per heavy atom. The molecular formula is C23H32Cl2N4O2. The van der Waals surface area contributed by atoms with E-state index >= 15 is 0 Å². The third kappa shape index (κ3) is 8.13. The van der Waals surface area contributed by atoms with E-state index in [9.17, 15) is 9.59 Å². The molecule has 0 aliphatic carbocycles. The van der Waals surface area contributed by atoms with Crippen LogP contribution >= 0.6 is 24.8 Å². The minimum absolute atomic E-state index is 0. The highest BCUT2D eigenvalue weighted by Gasteiger charge is 2.29. The van der Waals surface area contributed by atoms with Crippen molar-refractivity contribution in [1.29, 1.82) is 0 Å². The van der Waals surface area contributed by atoms with Crippen LogP contribution in [0.5, 0.6) is 0 Å². The fourth-order valence-electron chi connectivity index (χ4n) is 3.80. The van der Waals surface area contributed by atoms with Gasteiger partial charge in [0, 0.05) is 37.5 Å². The molecule has 1 unspecified atom stereocenters. The standard InChI is InChI=1S/C23H30N4O2.2ClH/c1-24-13-9-18-10-14-27(15-11-18)23(29)21(16-19-6-5-12-25-17-19)26-22(28)20-7-3-2-4-8-20;;/h2-8,12,17-18,21,24H,9-11,13-16H2,1H3,(H,26,28);2*1H. The molecule has 0 spiro atoms. The number of benzene rings is 1. The summed E-state index contributed by atoms with van der Waals surface area (Å²) in [7, 11) is 1.97. The van der Waals surface area contributed by atoms with Gasteiger partial charge in [0.2, 0.25) is 5.91 Å². The van der Waals surface area contributed by atoms with E-state index in [2.05, 4.69) is 15.6 Å². The lowest BCUT2D eigenvalue weighted by atomic mass is 9.93. The van der Waals surface area contributed by atoms with Crippen LogP contribution in [0.25, 0.3) is 0 Å². The van der Waals surface area contributed by atoms with Crippen LogP contribution in [0, 0.1) is 5.92 Å². The molecule has 1 fully saturated rings. The number of carbonyl (C=O) groups excluding carboxylic acids is 2. The minimum atomic E-state index is -0.597. The number of aromatic nitrogens is 1. The van der Waals surface area contributed by atoms with Gasteiger partial charge < -0.3 is 15.5 Å². The zero-order chi connectivity index (χ0) is 20.5. The molecule has 1 aromatic carbocycles. The van der Waals surface area contributed by atoms with Gasteiger partial charge in [0.1, 0.15) is 6.04 Å². The molecule has 0 radical (unpaired) electrons. The van der Waals surface area contributed by atoms with E-state index in [1.807, 2.05) is 42.3 Å². The highest BCUT2D eigenvalue weighted by molar-refractivity contribution is 5.97. The maximum Gasteiger partial charge on any atom is 0.251 e. The largest absolute Gasteiger partial charge is 0.341 e. The number of piperidine rings is 1. The molecule has 1 aromatic heterocycles. The van der Waals surface area contributed by atoms with E-state index in [-0.39, 0.29) is 36.6 Å². The van der Waals surface area contributed by atoms with E-state index in [1.165, 1.54) is 0 Å². The summed E-state index contributed by atoms with van der Waals surface area (Å²) >= 11 is 0. The zero-order valence-electron chi connectivity index (χ0n) is 17.8. The van der Waals surface area contributed by atoms with E-state index in [0.717, 1.165) is 44.5 Å². The normalized spacial score (nSPS) is 14.7. The molecule has 8 heteroatoms. The second-order valence-corrected chi connectivity index (χ2v) is 7.62. The van der Waals surface area contributed by atoms with Crippen molar-refractivity contribution in [2.75, 3.05) is 26.7 Å². The number of halogens is 2. The summed E-state index contributed by atoms with van der Waals surface area (Å²) in [6.07, 6.45) is 7.06. The zero-order valence-corrected chi connectivity index (χ0v) is 19.5. The van der Waals surface area contributed by atoms with Crippen molar-refractivity contribution in [1.82, 2.24) is 20.5 Å². The fraction of sp³-hybridized carbons (Fsp3) is 0.435. The number of rotatable bonds is 8. The van der Waals surface area contributed by atoms with Crippen LogP contribution in [0.1, 0.15) is 35.2 Å². The van der Waals surface area contributed by atoms with Crippen LogP contribution in [-0.2, 0) is 11.2 Å². The highest BCUT2D eigenvalue weighted by atomic mass is 35.5. The Kier molecular flexibility index (Phi) is 12.2. The SMILES string of the molecule is CNCCC1CCN(C(=O)C(Cc2cccnc2)NC(=O)c2ccccc2)CC1.Cl.Cl. The summed E-state index contributed by atoms with van der Waals surface area (Å²) in [5.41, 5.74) is 1.49. The second-order valence-electron chi connectivity index (χ2n) is 7.62. The Bertz CT molecular complexity index is 785. The minimum Gasteiger partial charge on any atom is -0.341 e. The van der Waals surface area contributed by atoms with Crippen LogP contribution in [0.4, 0.5) is 0 Å². The van der Waals surface area contributed by atoms with Crippen molar-refractivity contribution in [3.63, 3.8) is 0 Å². The van der Waals surface area contributed by atoms with E-state index in [0.29, 0.717) is 17.9 Å². The predicted octanol–water partition coefficient (Wildman–Crippen LogP) is 3.11.